The van der Waals surface area contributed by atoms with Crippen molar-refractivity contribution in [1.29, 1.82) is 0 Å². The van der Waals surface area contributed by atoms with Crippen LogP contribution in [0.4, 0.5) is 0 Å². The highest BCUT2D eigenvalue weighted by Crippen LogP contribution is 2.47. The molecule has 8 rings (SSSR count). The van der Waals surface area contributed by atoms with Gasteiger partial charge in [-0.2, -0.15) is 0 Å². The maximum Gasteiger partial charge on any atom is 0.339 e. The third-order valence-electron chi connectivity index (χ3n) is 22.3. The van der Waals surface area contributed by atoms with Crippen molar-refractivity contribution >= 4 is 55.0 Å². The lowest BCUT2D eigenvalue weighted by molar-refractivity contribution is 0.0552. The first kappa shape index (κ1) is 79.0. The van der Waals surface area contributed by atoms with E-state index in [2.05, 4.69) is 159 Å². The van der Waals surface area contributed by atoms with Gasteiger partial charge in [-0.15, -0.1) is 11.8 Å². The molecule has 7 aromatic rings. The summed E-state index contributed by atoms with van der Waals surface area (Å²) in [7, 11) is 2.88. The normalized spacial score (nSPS) is 11.8. The minimum absolute atomic E-state index is 0.426. The molecule has 0 fully saturated rings. The minimum atomic E-state index is -0.426. The van der Waals surface area contributed by atoms with Crippen molar-refractivity contribution in [2.45, 2.75) is 342 Å². The summed E-state index contributed by atoms with van der Waals surface area (Å²) in [5, 5.41) is 11.8. The number of rotatable bonds is 34. The van der Waals surface area contributed by atoms with E-state index < -0.39 is 11.9 Å². The summed E-state index contributed by atoms with van der Waals surface area (Å²) in [5.74, 6) is 13.6. The Kier molecular flexibility index (Phi) is 31.9. The molecule has 4 heteroatoms. The molecule has 0 atom stereocenters. The summed E-state index contributed by atoms with van der Waals surface area (Å²) in [6.45, 7) is 37.0. The molecule has 0 radical (unpaired) electrons. The van der Waals surface area contributed by atoms with E-state index in [-0.39, 0.29) is 0 Å². The van der Waals surface area contributed by atoms with E-state index in [0.29, 0.717) is 11.1 Å². The summed E-state index contributed by atoms with van der Waals surface area (Å²) >= 11 is 0. The predicted octanol–water partition coefficient (Wildman–Crippen LogP) is 25.1. The molecule has 1 aliphatic rings. The van der Waals surface area contributed by atoms with Crippen LogP contribution in [0.2, 0.25) is 0 Å². The van der Waals surface area contributed by atoms with Gasteiger partial charge in [-0.3, -0.25) is 0 Å². The van der Waals surface area contributed by atoms with Crippen molar-refractivity contribution < 1.29 is 19.1 Å². The van der Waals surface area contributed by atoms with Crippen LogP contribution in [-0.4, -0.2) is 26.2 Å². The quantitative estimate of drug-likeness (QED) is 0.0175. The fraction of sp³-hybridized carbons (Fsp3) is 0.574. The molecule has 4 nitrogen and oxygen atoms in total. The molecular weight excluding hydrogens is 1190 g/mol. The Morgan fingerprint density at radius 3 is 0.745 bits per heavy atom. The van der Waals surface area contributed by atoms with Gasteiger partial charge in [-0.05, 0) is 333 Å². The van der Waals surface area contributed by atoms with E-state index in [4.69, 9.17) is 9.47 Å². The van der Waals surface area contributed by atoms with Gasteiger partial charge in [-0.25, -0.2) is 9.59 Å². The van der Waals surface area contributed by atoms with E-state index >= 15 is 0 Å². The number of hydrogen-bond acceptors (Lipinski definition) is 4. The molecule has 0 spiro atoms. The zero-order valence-electron chi connectivity index (χ0n) is 65.4. The van der Waals surface area contributed by atoms with E-state index in [1.165, 1.54) is 164 Å². The van der Waals surface area contributed by atoms with Gasteiger partial charge in [0, 0.05) is 25.7 Å². The summed E-state index contributed by atoms with van der Waals surface area (Å²) < 4.78 is 11.0. The van der Waals surface area contributed by atoms with Crippen molar-refractivity contribution in [3.63, 3.8) is 0 Å². The number of carbonyl (C=O) groups is 2. The first-order valence-corrected chi connectivity index (χ1v) is 40.2. The number of carbonyl (C=O) groups excluding carboxylic acids is 2. The average Bonchev–Trinajstić information content (AvgIpc) is 0.724. The Labute approximate surface area is 597 Å². The molecule has 98 heavy (non-hydrogen) atoms. The van der Waals surface area contributed by atoms with Crippen LogP contribution >= 0.6 is 0 Å². The second-order valence-electron chi connectivity index (χ2n) is 28.3. The van der Waals surface area contributed by atoms with E-state index in [1.807, 2.05) is 0 Å². The first-order valence-electron chi connectivity index (χ1n) is 40.2. The van der Waals surface area contributed by atoms with Crippen LogP contribution in [0.3, 0.4) is 0 Å². The lowest BCUT2D eigenvalue weighted by Crippen LogP contribution is -2.25. The number of methoxy groups -OCH3 is 2. The maximum absolute atomic E-state index is 13.9. The summed E-state index contributed by atoms with van der Waals surface area (Å²) in [5.41, 5.74) is 30.1. The maximum atomic E-state index is 13.9. The molecule has 0 amide bonds. The van der Waals surface area contributed by atoms with Crippen molar-refractivity contribution in [3.8, 4) is 23.7 Å². The van der Waals surface area contributed by atoms with Gasteiger partial charge < -0.3 is 9.47 Å². The fourth-order valence-electron chi connectivity index (χ4n) is 17.4. The lowest BCUT2D eigenvalue weighted by Gasteiger charge is -2.33. The fourth-order valence-corrected chi connectivity index (χ4v) is 17.4. The van der Waals surface area contributed by atoms with Crippen LogP contribution in [-0.2, 0) is 125 Å². The van der Waals surface area contributed by atoms with E-state index in [9.17, 15) is 9.59 Å². The largest absolute Gasteiger partial charge is 0.465 e. The van der Waals surface area contributed by atoms with Crippen LogP contribution in [0, 0.1) is 23.7 Å². The average molecular weight is 1320 g/mol. The molecule has 0 heterocycles. The molecule has 0 bridgehead atoms. The van der Waals surface area contributed by atoms with Crippen molar-refractivity contribution in [3.05, 3.63) is 147 Å². The van der Waals surface area contributed by atoms with Gasteiger partial charge in [0.15, 0.2) is 0 Å². The molecule has 0 aromatic heterocycles. The summed E-state index contributed by atoms with van der Waals surface area (Å²) in [6.07, 6.45) is 37.8. The number of hydrogen-bond donors (Lipinski definition) is 0. The van der Waals surface area contributed by atoms with Gasteiger partial charge in [-0.1, -0.05) is 174 Å². The zero-order chi connectivity index (χ0) is 71.0. The Morgan fingerprint density at radius 1 is 0.276 bits per heavy atom. The number of unbranched alkanes of at least 4 members (excludes halogenated alkanes) is 10. The van der Waals surface area contributed by atoms with Gasteiger partial charge in [0.25, 0.3) is 0 Å². The topological polar surface area (TPSA) is 52.6 Å². The number of benzene rings is 7. The Morgan fingerprint density at radius 2 is 0.500 bits per heavy atom. The van der Waals surface area contributed by atoms with Crippen LogP contribution in [0.1, 0.15) is 358 Å². The van der Waals surface area contributed by atoms with Crippen LogP contribution in [0.15, 0.2) is 24.3 Å². The second-order valence-corrected chi connectivity index (χ2v) is 28.3. The summed E-state index contributed by atoms with van der Waals surface area (Å²) in [4.78, 5) is 27.7. The van der Waals surface area contributed by atoms with Crippen LogP contribution < -0.4 is 0 Å². The molecule has 0 unspecified atom stereocenters. The lowest BCUT2D eigenvalue weighted by atomic mass is 9.71. The highest BCUT2D eigenvalue weighted by atomic mass is 16.5. The number of fused-ring (bicyclic) bond motifs is 6. The Hall–Kier alpha value is -6.36. The van der Waals surface area contributed by atoms with Crippen LogP contribution in [0.25, 0.3) is 43.1 Å². The van der Waals surface area contributed by atoms with Gasteiger partial charge in [0.05, 0.1) is 25.3 Å². The molecular formula is C94H130O4. The Bertz CT molecular complexity index is 3770. The number of esters is 2. The van der Waals surface area contributed by atoms with Gasteiger partial charge in [0.1, 0.15) is 0 Å². The van der Waals surface area contributed by atoms with Crippen LogP contribution in [0.5, 0.6) is 0 Å². The van der Waals surface area contributed by atoms with Gasteiger partial charge in [0.2, 0.25) is 0 Å². The zero-order valence-corrected chi connectivity index (χ0v) is 65.4. The molecule has 0 saturated heterocycles. The highest BCUT2D eigenvalue weighted by molar-refractivity contribution is 6.09. The third kappa shape index (κ3) is 17.0. The van der Waals surface area contributed by atoms with Crippen molar-refractivity contribution in [2.75, 3.05) is 14.2 Å². The second kappa shape index (κ2) is 39.6. The smallest absolute Gasteiger partial charge is 0.339 e. The molecule has 1 aliphatic carbocycles. The van der Waals surface area contributed by atoms with Crippen molar-refractivity contribution in [1.82, 2.24) is 0 Å². The highest BCUT2D eigenvalue weighted by Gasteiger charge is 2.36. The predicted molar refractivity (Wildman–Crippen MR) is 426 cm³/mol. The molecule has 0 aliphatic heterocycles. The van der Waals surface area contributed by atoms with E-state index in [1.54, 1.807) is 44.5 Å². The summed E-state index contributed by atoms with van der Waals surface area (Å²) in [6, 6.07) is 10.5. The molecule has 530 valence electrons. The number of ether oxygens (including phenoxy) is 2. The number of aryl methyl sites for hydroxylation is 8. The molecule has 0 saturated carbocycles. The van der Waals surface area contributed by atoms with Crippen molar-refractivity contribution in [2.24, 2.45) is 0 Å². The third-order valence-corrected chi connectivity index (χ3v) is 22.3. The Balaban J connectivity index is 0.000000282. The van der Waals surface area contributed by atoms with E-state index in [0.717, 1.165) is 191 Å². The SMILES string of the molecule is CCCCC#CCc1c(CC#CCCCC)c(CCCC)c2cc3c(CC)c(CC)c(CC)c(CC)c3cc2c1CCCC.CCCCc1c2c(c(CCCC)c(C(=O)OC)c1C(=O)OC)Cc1c(c(CCCC)c3cc4c(CC)c(CC)c(CC)c(CC)c4cc3c1CCCC)C2. The monoisotopic (exact) mass is 1320 g/mol. The van der Waals surface area contributed by atoms with Gasteiger partial charge >= 0.3 is 11.9 Å². The molecule has 7 aromatic carbocycles. The minimum Gasteiger partial charge on any atom is -0.465 e. The standard InChI is InChI=1S/C50H68O4.C44H62/c1-11-19-23-35-41-27-39-33(17-7)31(15-5)32(16-6)34(18-8)40(39)28-42(41)36(24-20-12-2)44-30-46-38(26-22-14-4)48(50(52)54-10)47(49(51)53-9)37(25-21-13-3)45(46)29-43(35)44;1-9-17-21-23-25-29-37-38(30-26-24-22-18-10-2)40(28-20-12-4)44-32-42-36(16-8)34(14-6)33(13-5)35(15-7)41(42)31-43(44)39(37)27-19-11-3/h27-28H,11-26,29-30H2,1-10H3;31-32H,9-22,27-30H2,1-8H3. The molecule has 0 N–H and O–H groups in total. The first-order chi connectivity index (χ1) is 47.8.